The number of rotatable bonds is 7. The highest BCUT2D eigenvalue weighted by Gasteiger charge is 2.18. The predicted molar refractivity (Wildman–Crippen MR) is 274 cm³/mol. The van der Waals surface area contributed by atoms with E-state index in [1.54, 1.807) is 0 Å². The number of hydrogen-bond acceptors (Lipinski definition) is 2. The third-order valence-corrected chi connectivity index (χ3v) is 13.2. The van der Waals surface area contributed by atoms with Crippen LogP contribution in [0, 0.1) is 0 Å². The van der Waals surface area contributed by atoms with Gasteiger partial charge in [-0.2, -0.15) is 0 Å². The quantitative estimate of drug-likeness (QED) is 0.160. The van der Waals surface area contributed by atoms with Crippen LogP contribution in [0.25, 0.3) is 104 Å². The molecule has 0 spiro atoms. The lowest BCUT2D eigenvalue weighted by atomic mass is 9.95. The summed E-state index contributed by atoms with van der Waals surface area (Å²) < 4.78 is 8.85. The standard InChI is InChI=1S/C62H40N2O/c1-3-13-42(14-4-1)52-22-12-15-43-25-26-45(39-57(43)52)41-27-31-49(32-28-41)63(51-33-35-53-47(38-51)29-34-56-55-21-8-10-24-61(55)65-62(53)56)50-19-11-16-44(37-50)46-30-36-60-58(40-46)54-20-7-9-23-59(54)64(60)48-17-5-2-6-18-48/h1-40H. The van der Waals surface area contributed by atoms with E-state index in [-0.39, 0.29) is 0 Å². The Morgan fingerprint density at radius 1 is 0.308 bits per heavy atom. The predicted octanol–water partition coefficient (Wildman–Crippen LogP) is 17.5. The fraction of sp³-hybridized carbons (Fsp3) is 0. The Balaban J connectivity index is 0.940. The molecule has 65 heavy (non-hydrogen) atoms. The molecule has 13 rings (SSSR count). The summed E-state index contributed by atoms with van der Waals surface area (Å²) >= 11 is 0. The van der Waals surface area contributed by atoms with Gasteiger partial charge in [-0.05, 0) is 141 Å². The van der Waals surface area contributed by atoms with Crippen LogP contribution in [0.2, 0.25) is 0 Å². The van der Waals surface area contributed by atoms with E-state index < -0.39 is 0 Å². The first-order valence-corrected chi connectivity index (χ1v) is 22.2. The fourth-order valence-electron chi connectivity index (χ4n) is 10.0. The number of nitrogens with zero attached hydrogens (tertiary/aromatic N) is 2. The van der Waals surface area contributed by atoms with Gasteiger partial charge in [-0.3, -0.25) is 0 Å². The SMILES string of the molecule is c1ccc(-c2cccc3ccc(-c4ccc(N(c5cccc(-c6ccc7c(c6)c6ccccc6n7-c6ccccc6)c5)c5ccc6c(ccc7c8ccccc8oc67)c5)cc4)cc23)cc1. The number of anilines is 3. The molecular weight excluding hydrogens is 789 g/mol. The van der Waals surface area contributed by atoms with Gasteiger partial charge in [0.25, 0.3) is 0 Å². The first kappa shape index (κ1) is 36.9. The molecule has 0 saturated carbocycles. The van der Waals surface area contributed by atoms with Crippen LogP contribution in [0.4, 0.5) is 17.1 Å². The topological polar surface area (TPSA) is 21.3 Å². The molecule has 0 aliphatic rings. The van der Waals surface area contributed by atoms with E-state index in [1.807, 2.05) is 12.1 Å². The Morgan fingerprint density at radius 3 is 1.80 bits per heavy atom. The highest BCUT2D eigenvalue weighted by Crippen LogP contribution is 2.42. The first-order chi connectivity index (χ1) is 32.2. The van der Waals surface area contributed by atoms with Crippen molar-refractivity contribution in [2.24, 2.45) is 0 Å². The normalized spacial score (nSPS) is 11.7. The van der Waals surface area contributed by atoms with Crippen molar-refractivity contribution in [3.63, 3.8) is 0 Å². The Labute approximate surface area is 376 Å². The molecule has 0 atom stereocenters. The van der Waals surface area contributed by atoms with Gasteiger partial charge >= 0.3 is 0 Å². The van der Waals surface area contributed by atoms with Crippen LogP contribution in [0.3, 0.4) is 0 Å². The van der Waals surface area contributed by atoms with Gasteiger partial charge in [-0.25, -0.2) is 0 Å². The van der Waals surface area contributed by atoms with E-state index in [2.05, 4.69) is 240 Å². The molecule has 0 bridgehead atoms. The average Bonchev–Trinajstić information content (AvgIpc) is 3.93. The molecule has 2 aromatic heterocycles. The second-order valence-corrected chi connectivity index (χ2v) is 16.9. The maximum Gasteiger partial charge on any atom is 0.143 e. The van der Waals surface area contributed by atoms with E-state index >= 15 is 0 Å². The zero-order valence-corrected chi connectivity index (χ0v) is 35.4. The highest BCUT2D eigenvalue weighted by atomic mass is 16.3. The minimum Gasteiger partial charge on any atom is -0.455 e. The largest absolute Gasteiger partial charge is 0.455 e. The summed E-state index contributed by atoms with van der Waals surface area (Å²) in [5.41, 5.74) is 15.7. The Morgan fingerprint density at radius 2 is 0.923 bits per heavy atom. The number of para-hydroxylation sites is 3. The lowest BCUT2D eigenvalue weighted by Gasteiger charge is -2.26. The van der Waals surface area contributed by atoms with Gasteiger partial charge in [0.2, 0.25) is 0 Å². The van der Waals surface area contributed by atoms with Crippen molar-refractivity contribution in [2.75, 3.05) is 4.90 Å². The van der Waals surface area contributed by atoms with Crippen LogP contribution >= 0.6 is 0 Å². The van der Waals surface area contributed by atoms with Crippen LogP contribution in [-0.4, -0.2) is 4.57 Å². The second kappa shape index (κ2) is 15.0. The summed E-state index contributed by atoms with van der Waals surface area (Å²) in [5.74, 6) is 0. The third kappa shape index (κ3) is 6.20. The van der Waals surface area contributed by atoms with Crippen molar-refractivity contribution < 1.29 is 4.42 Å². The van der Waals surface area contributed by atoms with Gasteiger partial charge in [0.15, 0.2) is 0 Å². The van der Waals surface area contributed by atoms with E-state index in [9.17, 15) is 0 Å². The molecule has 0 unspecified atom stereocenters. The summed E-state index contributed by atoms with van der Waals surface area (Å²) in [7, 11) is 0. The summed E-state index contributed by atoms with van der Waals surface area (Å²) in [6.07, 6.45) is 0. The lowest BCUT2D eigenvalue weighted by Crippen LogP contribution is -2.10. The van der Waals surface area contributed by atoms with Gasteiger partial charge < -0.3 is 13.9 Å². The Kier molecular flexibility index (Phi) is 8.53. The summed E-state index contributed by atoms with van der Waals surface area (Å²) in [5, 5.41) is 9.44. The zero-order valence-electron chi connectivity index (χ0n) is 35.4. The van der Waals surface area contributed by atoms with Crippen LogP contribution in [-0.2, 0) is 0 Å². The number of fused-ring (bicyclic) bond motifs is 9. The van der Waals surface area contributed by atoms with Crippen molar-refractivity contribution >= 4 is 82.4 Å². The molecule has 3 nitrogen and oxygen atoms in total. The fourth-order valence-corrected chi connectivity index (χ4v) is 10.0. The summed E-state index contributed by atoms with van der Waals surface area (Å²) in [4.78, 5) is 2.38. The van der Waals surface area contributed by atoms with Crippen molar-refractivity contribution in [3.05, 3.63) is 243 Å². The Hall–Kier alpha value is -8.66. The molecular formula is C62H40N2O. The summed E-state index contributed by atoms with van der Waals surface area (Å²) in [6, 6.07) is 87.8. The molecule has 0 fully saturated rings. The average molecular weight is 829 g/mol. The Bertz CT molecular complexity index is 3940. The summed E-state index contributed by atoms with van der Waals surface area (Å²) in [6.45, 7) is 0. The van der Waals surface area contributed by atoms with Crippen LogP contribution < -0.4 is 4.90 Å². The highest BCUT2D eigenvalue weighted by molar-refractivity contribution is 6.15. The number of aromatic nitrogens is 1. The van der Waals surface area contributed by atoms with E-state index in [4.69, 9.17) is 4.42 Å². The molecule has 0 aliphatic heterocycles. The monoisotopic (exact) mass is 828 g/mol. The molecule has 304 valence electrons. The van der Waals surface area contributed by atoms with Gasteiger partial charge in [0, 0.05) is 49.7 Å². The molecule has 0 saturated heterocycles. The number of hydrogen-bond donors (Lipinski definition) is 0. The van der Waals surface area contributed by atoms with Crippen molar-refractivity contribution in [3.8, 4) is 39.1 Å². The molecule has 3 heteroatoms. The second-order valence-electron chi connectivity index (χ2n) is 16.9. The van der Waals surface area contributed by atoms with E-state index in [0.29, 0.717) is 0 Å². The molecule has 11 aromatic carbocycles. The minimum atomic E-state index is 0.906. The molecule has 0 radical (unpaired) electrons. The van der Waals surface area contributed by atoms with Gasteiger partial charge in [0.1, 0.15) is 11.2 Å². The number of furan rings is 1. The van der Waals surface area contributed by atoms with Gasteiger partial charge in [-0.15, -0.1) is 0 Å². The molecule has 0 aliphatic carbocycles. The maximum absolute atomic E-state index is 6.48. The smallest absolute Gasteiger partial charge is 0.143 e. The zero-order chi connectivity index (χ0) is 42.8. The minimum absolute atomic E-state index is 0.906. The third-order valence-electron chi connectivity index (χ3n) is 13.2. The van der Waals surface area contributed by atoms with E-state index in [1.165, 1.54) is 60.4 Å². The molecule has 0 amide bonds. The lowest BCUT2D eigenvalue weighted by molar-refractivity contribution is 0.672. The van der Waals surface area contributed by atoms with Gasteiger partial charge in [0.05, 0.1) is 11.0 Å². The molecule has 2 heterocycles. The van der Waals surface area contributed by atoms with Crippen molar-refractivity contribution in [2.45, 2.75) is 0 Å². The first-order valence-electron chi connectivity index (χ1n) is 22.2. The maximum atomic E-state index is 6.48. The van der Waals surface area contributed by atoms with Crippen LogP contribution in [0.5, 0.6) is 0 Å². The molecule has 0 N–H and O–H groups in total. The van der Waals surface area contributed by atoms with Crippen LogP contribution in [0.15, 0.2) is 247 Å². The van der Waals surface area contributed by atoms with Crippen LogP contribution in [0.1, 0.15) is 0 Å². The number of benzene rings is 11. The van der Waals surface area contributed by atoms with Gasteiger partial charge in [-0.1, -0.05) is 152 Å². The molecule has 13 aromatic rings. The van der Waals surface area contributed by atoms with E-state index in [0.717, 1.165) is 61.0 Å². The van der Waals surface area contributed by atoms with Crippen molar-refractivity contribution in [1.82, 2.24) is 4.57 Å². The van der Waals surface area contributed by atoms with Crippen molar-refractivity contribution in [1.29, 1.82) is 0 Å².